The molecule has 0 bridgehead atoms. The van der Waals surface area contributed by atoms with Crippen LogP contribution in [0.4, 0.5) is 0 Å². The van der Waals surface area contributed by atoms with E-state index in [1.165, 1.54) is 0 Å². The predicted molar refractivity (Wildman–Crippen MR) is 54.6 cm³/mol. The van der Waals surface area contributed by atoms with Crippen LogP contribution in [0, 0.1) is 0 Å². The first-order valence-corrected chi connectivity index (χ1v) is 3.98. The number of guanidine groups is 1. The number of rotatable bonds is 3. The van der Waals surface area contributed by atoms with E-state index >= 15 is 0 Å². The predicted octanol–water partition coefficient (Wildman–Crippen LogP) is -1.78. The van der Waals surface area contributed by atoms with Gasteiger partial charge < -0.3 is 5.11 Å². The topological polar surface area (TPSA) is 98.3 Å². The van der Waals surface area contributed by atoms with E-state index in [-0.39, 0.29) is 11.7 Å². The van der Waals surface area contributed by atoms with E-state index in [1.54, 1.807) is 24.3 Å². The second-order valence-electron chi connectivity index (χ2n) is 2.73. The van der Waals surface area contributed by atoms with E-state index in [1.807, 2.05) is 0 Å². The Balaban J connectivity index is 2.70. The lowest BCUT2D eigenvalue weighted by molar-refractivity contribution is -0.511. The number of phenols is 1. The fourth-order valence-electron chi connectivity index (χ4n) is 0.882. The summed E-state index contributed by atoms with van der Waals surface area (Å²) in [5.41, 5.74) is 14.5. The quantitative estimate of drug-likeness (QED) is 0.223. The molecule has 7 N–H and O–H groups in total. The van der Waals surface area contributed by atoms with Crippen molar-refractivity contribution in [2.24, 2.45) is 11.5 Å². The van der Waals surface area contributed by atoms with Crippen LogP contribution in [0.5, 0.6) is 5.75 Å². The van der Waals surface area contributed by atoms with Gasteiger partial charge in [0.1, 0.15) is 5.75 Å². The molecule has 0 radical (unpaired) electrons. The molecule has 0 aliphatic rings. The molecule has 0 aliphatic heterocycles. The maximum atomic E-state index is 9.05. The summed E-state index contributed by atoms with van der Waals surface area (Å²) < 4.78 is 0. The fraction of sp³-hybridized carbons (Fsp3) is 0. The standard InChI is InChI=1S/C9H12N4O/c1-6(12-13-9(10)11)7-2-4-8(14)5-3-7/h2-5,12,14H,1H2,(H4,10,11,13)/p+1. The van der Waals surface area contributed by atoms with Crippen LogP contribution < -0.4 is 22.0 Å². The molecule has 14 heavy (non-hydrogen) atoms. The molecule has 0 saturated heterocycles. The third-order valence-corrected chi connectivity index (χ3v) is 1.57. The number of benzene rings is 1. The van der Waals surface area contributed by atoms with Crippen molar-refractivity contribution >= 4 is 11.7 Å². The number of hydrogen-bond acceptors (Lipinski definition) is 2. The molecule has 5 nitrogen and oxygen atoms in total. The van der Waals surface area contributed by atoms with Crippen LogP contribution in [-0.4, -0.2) is 11.1 Å². The zero-order chi connectivity index (χ0) is 10.6. The number of hydrogen-bond donors (Lipinski definition) is 5. The Morgan fingerprint density at radius 2 is 1.86 bits per heavy atom. The lowest BCUT2D eigenvalue weighted by Gasteiger charge is -2.03. The second-order valence-corrected chi connectivity index (χ2v) is 2.73. The van der Waals surface area contributed by atoms with Gasteiger partial charge in [0.15, 0.2) is 0 Å². The molecule has 0 aromatic heterocycles. The van der Waals surface area contributed by atoms with Crippen molar-refractivity contribution in [3.8, 4) is 5.75 Å². The van der Waals surface area contributed by atoms with E-state index in [0.717, 1.165) is 5.56 Å². The minimum Gasteiger partial charge on any atom is -0.508 e. The third kappa shape index (κ3) is 2.71. The van der Waals surface area contributed by atoms with Gasteiger partial charge in [0.25, 0.3) is 0 Å². The normalized spacial score (nSPS) is 9.14. The van der Waals surface area contributed by atoms with Gasteiger partial charge in [-0.1, -0.05) is 6.58 Å². The summed E-state index contributed by atoms with van der Waals surface area (Å²) in [5, 5.41) is 11.6. The van der Waals surface area contributed by atoms with E-state index in [0.29, 0.717) is 5.70 Å². The largest absolute Gasteiger partial charge is 0.508 e. The first kappa shape index (κ1) is 9.91. The summed E-state index contributed by atoms with van der Waals surface area (Å²) >= 11 is 0. The lowest BCUT2D eigenvalue weighted by Crippen LogP contribution is -2.85. The molecule has 5 heteroatoms. The van der Waals surface area contributed by atoms with Gasteiger partial charge in [0.05, 0.1) is 5.70 Å². The van der Waals surface area contributed by atoms with E-state index in [2.05, 4.69) is 17.1 Å². The van der Waals surface area contributed by atoms with E-state index < -0.39 is 0 Å². The van der Waals surface area contributed by atoms with Crippen LogP contribution in [0.1, 0.15) is 5.56 Å². The number of phenolic OH excluding ortho intramolecular Hbond substituents is 1. The number of aromatic hydroxyl groups is 1. The van der Waals surface area contributed by atoms with Crippen LogP contribution in [0.2, 0.25) is 0 Å². The molecule has 0 spiro atoms. The second kappa shape index (κ2) is 4.18. The summed E-state index contributed by atoms with van der Waals surface area (Å²) in [6.45, 7) is 3.75. The van der Waals surface area contributed by atoms with Crippen molar-refractivity contribution in [3.05, 3.63) is 36.4 Å². The summed E-state index contributed by atoms with van der Waals surface area (Å²) in [7, 11) is 0. The first-order valence-electron chi connectivity index (χ1n) is 3.98. The van der Waals surface area contributed by atoms with Crippen molar-refractivity contribution in [3.63, 3.8) is 0 Å². The van der Waals surface area contributed by atoms with Crippen molar-refractivity contribution < 1.29 is 10.2 Å². The number of hydrazine groups is 1. The van der Waals surface area contributed by atoms with E-state index in [4.69, 9.17) is 16.6 Å². The van der Waals surface area contributed by atoms with Crippen LogP contribution in [-0.2, 0) is 0 Å². The average molecular weight is 193 g/mol. The van der Waals surface area contributed by atoms with Crippen molar-refractivity contribution in [2.45, 2.75) is 0 Å². The fourth-order valence-corrected chi connectivity index (χ4v) is 0.882. The summed E-state index contributed by atoms with van der Waals surface area (Å²) in [4.78, 5) is 0. The molecule has 1 aromatic rings. The van der Waals surface area contributed by atoms with Gasteiger partial charge in [0, 0.05) is 5.56 Å². The zero-order valence-corrected chi connectivity index (χ0v) is 7.62. The average Bonchev–Trinajstić information content (AvgIpc) is 2.15. The van der Waals surface area contributed by atoms with E-state index in [9.17, 15) is 0 Å². The Bertz CT molecular complexity index is 352. The Morgan fingerprint density at radius 1 is 1.29 bits per heavy atom. The van der Waals surface area contributed by atoms with Crippen molar-refractivity contribution in [2.75, 3.05) is 0 Å². The van der Waals surface area contributed by atoms with Gasteiger partial charge in [-0.3, -0.25) is 16.9 Å². The molecule has 0 unspecified atom stereocenters. The van der Waals surface area contributed by atoms with Gasteiger partial charge in [-0.25, -0.2) is 0 Å². The van der Waals surface area contributed by atoms with Gasteiger partial charge in [-0.15, -0.1) is 0 Å². The zero-order valence-electron chi connectivity index (χ0n) is 7.62. The number of nitrogens with one attached hydrogen (secondary N) is 2. The number of hydrazone groups is 1. The van der Waals surface area contributed by atoms with Crippen molar-refractivity contribution in [1.82, 2.24) is 5.43 Å². The summed E-state index contributed by atoms with van der Waals surface area (Å²) in [6.07, 6.45) is 0. The van der Waals surface area contributed by atoms with Gasteiger partial charge in [-0.05, 0) is 24.3 Å². The summed E-state index contributed by atoms with van der Waals surface area (Å²) in [5.74, 6) is 0.268. The maximum absolute atomic E-state index is 9.05. The molecule has 1 aromatic carbocycles. The highest BCUT2D eigenvalue weighted by atomic mass is 16.3. The van der Waals surface area contributed by atoms with Gasteiger partial charge in [0.2, 0.25) is 0 Å². The van der Waals surface area contributed by atoms with Gasteiger partial charge in [-0.2, -0.15) is 5.10 Å². The molecule has 0 aliphatic carbocycles. The molecule has 0 saturated carbocycles. The summed E-state index contributed by atoms with van der Waals surface area (Å²) in [6, 6.07) is 6.58. The van der Waals surface area contributed by atoms with Crippen LogP contribution in [0.25, 0.3) is 5.70 Å². The molecule has 0 fully saturated rings. The molecule has 0 amide bonds. The highest BCUT2D eigenvalue weighted by molar-refractivity contribution is 5.69. The Hall–Kier alpha value is -2.17. The first-order chi connectivity index (χ1) is 6.59. The number of nitrogens with two attached hydrogens (primary N) is 2. The van der Waals surface area contributed by atoms with Crippen LogP contribution >= 0.6 is 0 Å². The molecule has 0 atom stereocenters. The molecular weight excluding hydrogens is 180 g/mol. The smallest absolute Gasteiger partial charge is 0.360 e. The molecule has 74 valence electrons. The maximum Gasteiger partial charge on any atom is 0.360 e. The monoisotopic (exact) mass is 193 g/mol. The molecule has 1 rings (SSSR count). The van der Waals surface area contributed by atoms with Crippen LogP contribution in [0.3, 0.4) is 0 Å². The highest BCUT2D eigenvalue weighted by Crippen LogP contribution is 2.13. The third-order valence-electron chi connectivity index (χ3n) is 1.57. The molecular formula is C9H13N4O+. The van der Waals surface area contributed by atoms with Gasteiger partial charge >= 0.3 is 5.96 Å². The molecule has 0 heterocycles. The Morgan fingerprint density at radius 3 is 2.36 bits per heavy atom. The Kier molecular flexibility index (Phi) is 2.96. The lowest BCUT2D eigenvalue weighted by atomic mass is 10.2. The highest BCUT2D eigenvalue weighted by Gasteiger charge is 1.97. The van der Waals surface area contributed by atoms with Crippen LogP contribution in [0.15, 0.2) is 30.8 Å². The van der Waals surface area contributed by atoms with Crippen molar-refractivity contribution in [1.29, 1.82) is 0 Å². The SMILES string of the molecule is C=C(N[NH+]=C(N)N)c1ccc(O)cc1. The minimum absolute atomic E-state index is 0.0601. The minimum atomic E-state index is 0.0601. The Labute approximate surface area is 81.7 Å².